The third kappa shape index (κ3) is 4.22. The van der Waals surface area contributed by atoms with Gasteiger partial charge in [-0.3, -0.25) is 9.59 Å². The number of hydrogen-bond acceptors (Lipinski definition) is 2. The Morgan fingerprint density at radius 3 is 2.32 bits per heavy atom. The standard InChI is InChI=1S/C24H28N2O2/c1-15-6-7-16(2)21-20(15)14-18(23(28)26-21)12-13-25-22(27)17-8-10-19(11-9-17)24(3,4)5/h6-11,14,18H,12-13H2,1-5H3,(H,25,27). The summed E-state index contributed by atoms with van der Waals surface area (Å²) in [5.74, 6) is -0.547. The van der Waals surface area contributed by atoms with Crippen LogP contribution in [0, 0.1) is 19.8 Å². The lowest BCUT2D eigenvalue weighted by atomic mass is 9.87. The summed E-state index contributed by atoms with van der Waals surface area (Å²) in [6.45, 7) is 10.9. The van der Waals surface area contributed by atoms with E-state index in [1.807, 2.05) is 50.3 Å². The maximum Gasteiger partial charge on any atom is 0.253 e. The summed E-state index contributed by atoms with van der Waals surface area (Å²) in [5, 5.41) is 4.74. The van der Waals surface area contributed by atoms with E-state index in [1.54, 1.807) is 0 Å². The number of aryl methyl sites for hydroxylation is 2. The van der Waals surface area contributed by atoms with Crippen molar-refractivity contribution in [3.05, 3.63) is 69.2 Å². The van der Waals surface area contributed by atoms with Crippen molar-refractivity contribution in [2.75, 3.05) is 6.54 Å². The van der Waals surface area contributed by atoms with Gasteiger partial charge < -0.3 is 5.32 Å². The molecule has 0 aromatic heterocycles. The first-order valence-corrected chi connectivity index (χ1v) is 9.76. The number of benzene rings is 2. The molecular weight excluding hydrogens is 348 g/mol. The van der Waals surface area contributed by atoms with E-state index < -0.39 is 0 Å². The van der Waals surface area contributed by atoms with Crippen LogP contribution in [-0.4, -0.2) is 18.4 Å². The van der Waals surface area contributed by atoms with Crippen LogP contribution in [0.1, 0.15) is 54.2 Å². The molecule has 1 unspecified atom stereocenters. The average Bonchev–Trinajstić information content (AvgIpc) is 2.65. The van der Waals surface area contributed by atoms with Crippen molar-refractivity contribution < 1.29 is 9.59 Å². The fourth-order valence-corrected chi connectivity index (χ4v) is 3.41. The van der Waals surface area contributed by atoms with Crippen molar-refractivity contribution in [1.29, 1.82) is 0 Å². The van der Waals surface area contributed by atoms with Gasteiger partial charge in [-0.25, -0.2) is 4.99 Å². The van der Waals surface area contributed by atoms with Crippen molar-refractivity contribution >= 4 is 17.9 Å². The van der Waals surface area contributed by atoms with E-state index in [9.17, 15) is 9.59 Å². The molecule has 1 N–H and O–H groups in total. The van der Waals surface area contributed by atoms with Gasteiger partial charge >= 0.3 is 0 Å². The smallest absolute Gasteiger partial charge is 0.253 e. The van der Waals surface area contributed by atoms with E-state index in [0.717, 1.165) is 21.7 Å². The Kier molecular flexibility index (Phi) is 5.50. The zero-order valence-corrected chi connectivity index (χ0v) is 17.3. The second-order valence-electron chi connectivity index (χ2n) is 8.56. The molecular formula is C24H28N2O2. The molecule has 4 nitrogen and oxygen atoms in total. The first-order chi connectivity index (χ1) is 13.2. The van der Waals surface area contributed by atoms with Crippen LogP contribution >= 0.6 is 0 Å². The summed E-state index contributed by atoms with van der Waals surface area (Å²) in [4.78, 5) is 29.1. The number of rotatable bonds is 4. The molecule has 146 valence electrons. The van der Waals surface area contributed by atoms with Crippen molar-refractivity contribution in [2.45, 2.75) is 46.5 Å². The van der Waals surface area contributed by atoms with E-state index in [-0.39, 0.29) is 23.1 Å². The fourth-order valence-electron chi connectivity index (χ4n) is 3.41. The molecule has 28 heavy (non-hydrogen) atoms. The Bertz CT molecular complexity index is 1030. The molecule has 3 rings (SSSR count). The predicted molar refractivity (Wildman–Crippen MR) is 112 cm³/mol. The van der Waals surface area contributed by atoms with Crippen LogP contribution in [0.5, 0.6) is 0 Å². The summed E-state index contributed by atoms with van der Waals surface area (Å²) in [6, 6.07) is 11.7. The second kappa shape index (κ2) is 7.70. The third-order valence-corrected chi connectivity index (χ3v) is 5.30. The van der Waals surface area contributed by atoms with E-state index in [0.29, 0.717) is 18.5 Å². The van der Waals surface area contributed by atoms with Crippen LogP contribution in [0.2, 0.25) is 0 Å². The van der Waals surface area contributed by atoms with Gasteiger partial charge in [0.05, 0.1) is 11.3 Å². The van der Waals surface area contributed by atoms with Gasteiger partial charge in [0.25, 0.3) is 11.8 Å². The Morgan fingerprint density at radius 2 is 1.68 bits per heavy atom. The topological polar surface area (TPSA) is 58.5 Å². The molecule has 0 bridgehead atoms. The van der Waals surface area contributed by atoms with Crippen LogP contribution < -0.4 is 15.9 Å². The highest BCUT2D eigenvalue weighted by molar-refractivity contribution is 5.94. The highest BCUT2D eigenvalue weighted by Crippen LogP contribution is 2.22. The number of hydrogen-bond donors (Lipinski definition) is 1. The zero-order valence-electron chi connectivity index (χ0n) is 17.3. The fraction of sp³-hybridized carbons (Fsp3) is 0.375. The number of carbonyl (C=O) groups is 2. The minimum Gasteiger partial charge on any atom is -0.352 e. The lowest BCUT2D eigenvalue weighted by molar-refractivity contribution is -0.120. The molecule has 4 heteroatoms. The number of fused-ring (bicyclic) bond motifs is 1. The predicted octanol–water partition coefficient (Wildman–Crippen LogP) is 2.98. The largest absolute Gasteiger partial charge is 0.352 e. The number of amides is 2. The van der Waals surface area contributed by atoms with Gasteiger partial charge in [0.2, 0.25) is 0 Å². The molecule has 1 aliphatic heterocycles. The van der Waals surface area contributed by atoms with Crippen LogP contribution in [-0.2, 0) is 10.2 Å². The molecule has 1 atom stereocenters. The van der Waals surface area contributed by atoms with E-state index in [1.165, 1.54) is 5.56 Å². The Morgan fingerprint density at radius 1 is 1.04 bits per heavy atom. The van der Waals surface area contributed by atoms with Crippen LogP contribution in [0.15, 0.2) is 41.4 Å². The minimum absolute atomic E-state index is 0.0580. The summed E-state index contributed by atoms with van der Waals surface area (Å²) >= 11 is 0. The number of carbonyl (C=O) groups excluding carboxylic acids is 2. The monoisotopic (exact) mass is 376 g/mol. The average molecular weight is 377 g/mol. The summed E-state index contributed by atoms with van der Waals surface area (Å²) in [5.41, 5.74) is 4.01. The van der Waals surface area contributed by atoms with Gasteiger partial charge in [0.1, 0.15) is 0 Å². The molecule has 2 aromatic rings. The van der Waals surface area contributed by atoms with Gasteiger partial charge in [-0.2, -0.15) is 0 Å². The highest BCUT2D eigenvalue weighted by Gasteiger charge is 2.20. The number of nitrogens with one attached hydrogen (secondary N) is 1. The Balaban J connectivity index is 1.65. The quantitative estimate of drug-likeness (QED) is 0.892. The van der Waals surface area contributed by atoms with Gasteiger partial charge in [-0.15, -0.1) is 0 Å². The lowest BCUT2D eigenvalue weighted by Gasteiger charge is -2.19. The van der Waals surface area contributed by atoms with Gasteiger partial charge in [-0.05, 0) is 54.5 Å². The first kappa shape index (κ1) is 20.0. The number of nitrogens with zero attached hydrogens (tertiary/aromatic N) is 1. The van der Waals surface area contributed by atoms with Crippen LogP contribution in [0.3, 0.4) is 0 Å². The summed E-state index contributed by atoms with van der Waals surface area (Å²) < 4.78 is 0. The molecule has 0 saturated heterocycles. The van der Waals surface area contributed by atoms with E-state index in [4.69, 9.17) is 0 Å². The molecule has 0 saturated carbocycles. The molecule has 2 aromatic carbocycles. The maximum absolute atomic E-state index is 12.4. The molecule has 1 aliphatic rings. The summed E-state index contributed by atoms with van der Waals surface area (Å²) in [7, 11) is 0. The summed E-state index contributed by atoms with van der Waals surface area (Å²) in [6.07, 6.45) is 2.54. The molecule has 0 radical (unpaired) electrons. The van der Waals surface area contributed by atoms with Crippen LogP contribution in [0.4, 0.5) is 0 Å². The highest BCUT2D eigenvalue weighted by atomic mass is 16.2. The van der Waals surface area contributed by atoms with Crippen molar-refractivity contribution in [2.24, 2.45) is 10.9 Å². The second-order valence-corrected chi connectivity index (χ2v) is 8.56. The SMILES string of the molecule is Cc1ccc(C)c2c1=CC(CCNC(=O)c1ccc(C(C)(C)C)cc1)C(=O)N=2. The normalized spacial score (nSPS) is 16.0. The Labute approximate surface area is 166 Å². The van der Waals surface area contributed by atoms with Crippen molar-refractivity contribution in [1.82, 2.24) is 5.32 Å². The zero-order chi connectivity index (χ0) is 20.5. The molecule has 0 fully saturated rings. The van der Waals surface area contributed by atoms with Crippen LogP contribution in [0.25, 0.3) is 6.08 Å². The molecule has 2 amide bonds. The Hall–Kier alpha value is -2.75. The lowest BCUT2D eigenvalue weighted by Crippen LogP contribution is -2.38. The molecule has 0 spiro atoms. The third-order valence-electron chi connectivity index (χ3n) is 5.30. The van der Waals surface area contributed by atoms with Gasteiger partial charge in [0, 0.05) is 17.3 Å². The maximum atomic E-state index is 12.4. The molecule has 1 heterocycles. The van der Waals surface area contributed by atoms with E-state index in [2.05, 4.69) is 37.1 Å². The van der Waals surface area contributed by atoms with Gasteiger partial charge in [0.15, 0.2) is 0 Å². The molecule has 0 aliphatic carbocycles. The van der Waals surface area contributed by atoms with Crippen molar-refractivity contribution in [3.63, 3.8) is 0 Å². The first-order valence-electron chi connectivity index (χ1n) is 9.76. The van der Waals surface area contributed by atoms with Gasteiger partial charge in [-0.1, -0.05) is 51.1 Å². The van der Waals surface area contributed by atoms with E-state index >= 15 is 0 Å². The van der Waals surface area contributed by atoms with Crippen molar-refractivity contribution in [3.8, 4) is 0 Å². The minimum atomic E-state index is -0.295.